The molecule has 0 unspecified atom stereocenters. The van der Waals surface area contributed by atoms with Crippen LogP contribution < -0.4 is 9.80 Å². The fourth-order valence-corrected chi connectivity index (χ4v) is 3.70. The van der Waals surface area contributed by atoms with Crippen molar-refractivity contribution in [3.8, 4) is 0 Å². The van der Waals surface area contributed by atoms with Gasteiger partial charge < -0.3 is 9.80 Å². The molecule has 132 valence electrons. The van der Waals surface area contributed by atoms with E-state index in [1.54, 1.807) is 0 Å². The third kappa shape index (κ3) is 3.44. The Bertz CT molecular complexity index is 714. The van der Waals surface area contributed by atoms with Gasteiger partial charge in [0, 0.05) is 62.4 Å². The molecule has 0 N–H and O–H groups in total. The average molecular weight is 341 g/mol. The van der Waals surface area contributed by atoms with Crippen molar-refractivity contribution in [3.63, 3.8) is 0 Å². The van der Waals surface area contributed by atoms with Crippen molar-refractivity contribution in [1.82, 2.24) is 14.9 Å². The summed E-state index contributed by atoms with van der Waals surface area (Å²) >= 11 is 0. The second-order valence-electron chi connectivity index (χ2n) is 7.01. The van der Waals surface area contributed by atoms with Crippen molar-refractivity contribution in [3.05, 3.63) is 47.5 Å². The molecule has 0 spiro atoms. The lowest BCUT2D eigenvalue weighted by Gasteiger charge is -2.48. The zero-order valence-electron chi connectivity index (χ0n) is 14.8. The van der Waals surface area contributed by atoms with Crippen LogP contribution in [-0.2, 0) is 0 Å². The number of aromatic nitrogens is 2. The monoisotopic (exact) mass is 341 g/mol. The van der Waals surface area contributed by atoms with Crippen molar-refractivity contribution in [2.45, 2.75) is 19.9 Å². The lowest BCUT2D eigenvalue weighted by molar-refractivity contribution is 0.156. The molecule has 1 aromatic heterocycles. The van der Waals surface area contributed by atoms with E-state index in [9.17, 15) is 4.39 Å². The number of rotatable bonds is 3. The van der Waals surface area contributed by atoms with Gasteiger partial charge in [-0.2, -0.15) is 0 Å². The van der Waals surface area contributed by atoms with E-state index in [1.165, 1.54) is 12.1 Å². The Kier molecular flexibility index (Phi) is 4.29. The van der Waals surface area contributed by atoms with Gasteiger partial charge in [-0.15, -0.1) is 0 Å². The van der Waals surface area contributed by atoms with E-state index in [4.69, 9.17) is 0 Å². The number of hydrogen-bond donors (Lipinski definition) is 0. The Morgan fingerprint density at radius 3 is 2.08 bits per heavy atom. The summed E-state index contributed by atoms with van der Waals surface area (Å²) < 4.78 is 13.1. The topological polar surface area (TPSA) is 35.5 Å². The maximum Gasteiger partial charge on any atom is 0.225 e. The maximum absolute atomic E-state index is 13.1. The van der Waals surface area contributed by atoms with Crippen LogP contribution in [0.5, 0.6) is 0 Å². The normalized spacial score (nSPS) is 19.2. The highest BCUT2D eigenvalue weighted by Gasteiger charge is 2.34. The summed E-state index contributed by atoms with van der Waals surface area (Å²) in [5.74, 6) is 0.684. The van der Waals surface area contributed by atoms with Gasteiger partial charge in [0.15, 0.2) is 0 Å². The molecule has 2 fully saturated rings. The minimum absolute atomic E-state index is 0.175. The molecule has 0 saturated carbocycles. The first-order valence-electron chi connectivity index (χ1n) is 8.90. The Labute approximate surface area is 148 Å². The summed E-state index contributed by atoms with van der Waals surface area (Å²) in [5.41, 5.74) is 3.16. The van der Waals surface area contributed by atoms with E-state index >= 15 is 0 Å². The molecule has 0 radical (unpaired) electrons. The summed E-state index contributed by atoms with van der Waals surface area (Å²) in [4.78, 5) is 16.3. The highest BCUT2D eigenvalue weighted by molar-refractivity contribution is 5.47. The van der Waals surface area contributed by atoms with Crippen LogP contribution in [0, 0.1) is 19.7 Å². The number of anilines is 2. The predicted octanol–water partition coefficient (Wildman–Crippen LogP) is 2.24. The molecule has 3 heterocycles. The van der Waals surface area contributed by atoms with E-state index < -0.39 is 0 Å². The van der Waals surface area contributed by atoms with E-state index in [2.05, 4.69) is 24.7 Å². The molecule has 0 aliphatic carbocycles. The van der Waals surface area contributed by atoms with Crippen molar-refractivity contribution in [1.29, 1.82) is 0 Å². The van der Waals surface area contributed by atoms with Crippen LogP contribution in [-0.4, -0.2) is 60.2 Å². The van der Waals surface area contributed by atoms with Crippen LogP contribution in [0.2, 0.25) is 0 Å². The molecule has 0 amide bonds. The van der Waals surface area contributed by atoms with Crippen molar-refractivity contribution < 1.29 is 4.39 Å². The van der Waals surface area contributed by atoms with E-state index in [0.29, 0.717) is 6.04 Å². The van der Waals surface area contributed by atoms with Gasteiger partial charge >= 0.3 is 0 Å². The highest BCUT2D eigenvalue weighted by atomic mass is 19.1. The molecule has 5 nitrogen and oxygen atoms in total. The largest absolute Gasteiger partial charge is 0.369 e. The first kappa shape index (κ1) is 16.3. The standard InChI is InChI=1S/C19H24FN5/c1-14-11-15(2)22-19(21-14)25-12-18(13-25)24-9-7-23(8-10-24)17-5-3-16(20)4-6-17/h3-6,11,18H,7-10,12-13H2,1-2H3. The van der Waals surface area contributed by atoms with Crippen LogP contribution in [0.15, 0.2) is 30.3 Å². The fraction of sp³-hybridized carbons (Fsp3) is 0.474. The Morgan fingerprint density at radius 2 is 1.48 bits per heavy atom. The van der Waals surface area contributed by atoms with Crippen LogP contribution in [0.3, 0.4) is 0 Å². The molecular weight excluding hydrogens is 317 g/mol. The molecule has 2 aliphatic heterocycles. The SMILES string of the molecule is Cc1cc(C)nc(N2CC(N3CCN(c4ccc(F)cc4)CC3)C2)n1. The minimum Gasteiger partial charge on any atom is -0.369 e. The lowest BCUT2D eigenvalue weighted by Crippen LogP contribution is -2.63. The van der Waals surface area contributed by atoms with Crippen LogP contribution in [0.1, 0.15) is 11.4 Å². The highest BCUT2D eigenvalue weighted by Crippen LogP contribution is 2.23. The second-order valence-corrected chi connectivity index (χ2v) is 7.01. The Hall–Kier alpha value is -2.21. The molecule has 25 heavy (non-hydrogen) atoms. The zero-order chi connectivity index (χ0) is 17.4. The summed E-state index contributed by atoms with van der Waals surface area (Å²) in [6, 6.07) is 9.40. The van der Waals surface area contributed by atoms with E-state index in [-0.39, 0.29) is 5.82 Å². The summed E-state index contributed by atoms with van der Waals surface area (Å²) in [7, 11) is 0. The van der Waals surface area contributed by atoms with Crippen molar-refractivity contribution in [2.24, 2.45) is 0 Å². The van der Waals surface area contributed by atoms with Crippen LogP contribution in [0.25, 0.3) is 0 Å². The predicted molar refractivity (Wildman–Crippen MR) is 97.7 cm³/mol. The van der Waals surface area contributed by atoms with Gasteiger partial charge in [0.1, 0.15) is 5.82 Å². The van der Waals surface area contributed by atoms with E-state index in [0.717, 1.165) is 62.3 Å². The number of hydrogen-bond acceptors (Lipinski definition) is 5. The van der Waals surface area contributed by atoms with Gasteiger partial charge in [-0.3, -0.25) is 4.90 Å². The summed E-state index contributed by atoms with van der Waals surface area (Å²) in [6.07, 6.45) is 0. The molecular formula is C19H24FN5. The van der Waals surface area contributed by atoms with Gasteiger partial charge in [-0.1, -0.05) is 0 Å². The number of piperazine rings is 1. The van der Waals surface area contributed by atoms with Crippen molar-refractivity contribution in [2.75, 3.05) is 49.1 Å². The molecule has 2 saturated heterocycles. The molecule has 6 heteroatoms. The third-order valence-electron chi connectivity index (χ3n) is 5.14. The number of benzene rings is 1. The Balaban J connectivity index is 1.30. The number of nitrogens with zero attached hydrogens (tertiary/aromatic N) is 5. The van der Waals surface area contributed by atoms with Gasteiger partial charge in [0.2, 0.25) is 5.95 Å². The maximum atomic E-state index is 13.1. The van der Waals surface area contributed by atoms with Gasteiger partial charge in [-0.25, -0.2) is 14.4 Å². The first-order chi connectivity index (χ1) is 12.1. The number of halogens is 1. The molecule has 1 aromatic carbocycles. The minimum atomic E-state index is -0.175. The van der Waals surface area contributed by atoms with Gasteiger partial charge in [-0.05, 0) is 44.2 Å². The molecule has 0 bridgehead atoms. The van der Waals surface area contributed by atoms with E-state index in [1.807, 2.05) is 32.0 Å². The van der Waals surface area contributed by atoms with Crippen LogP contribution >= 0.6 is 0 Å². The van der Waals surface area contributed by atoms with Crippen molar-refractivity contribution >= 4 is 11.6 Å². The summed E-state index contributed by atoms with van der Waals surface area (Å²) in [5, 5.41) is 0. The fourth-order valence-electron chi connectivity index (χ4n) is 3.70. The quantitative estimate of drug-likeness (QED) is 0.856. The van der Waals surface area contributed by atoms with Crippen LogP contribution in [0.4, 0.5) is 16.0 Å². The Morgan fingerprint density at radius 1 is 0.880 bits per heavy atom. The first-order valence-corrected chi connectivity index (χ1v) is 8.90. The molecule has 2 aliphatic rings. The lowest BCUT2D eigenvalue weighted by atomic mass is 10.1. The molecule has 0 atom stereocenters. The van der Waals surface area contributed by atoms with Gasteiger partial charge in [0.25, 0.3) is 0 Å². The molecule has 2 aromatic rings. The van der Waals surface area contributed by atoms with Gasteiger partial charge in [0.05, 0.1) is 0 Å². The third-order valence-corrected chi connectivity index (χ3v) is 5.14. The molecule has 4 rings (SSSR count). The number of aryl methyl sites for hydroxylation is 2. The second kappa shape index (κ2) is 6.59. The smallest absolute Gasteiger partial charge is 0.225 e. The average Bonchev–Trinajstić information content (AvgIpc) is 2.54. The summed E-state index contributed by atoms with van der Waals surface area (Å²) in [6.45, 7) is 10.1. The zero-order valence-corrected chi connectivity index (χ0v) is 14.8.